The van der Waals surface area contributed by atoms with Crippen LogP contribution in [0.5, 0.6) is 5.75 Å². The first-order valence-electron chi connectivity index (χ1n) is 7.07. The van der Waals surface area contributed by atoms with Gasteiger partial charge in [0.1, 0.15) is 12.4 Å². The number of likely N-dealkylation sites (N-methyl/N-ethyl adjacent to an activating group) is 1. The number of rotatable bonds is 4. The van der Waals surface area contributed by atoms with Crippen LogP contribution in [0.25, 0.3) is 0 Å². The van der Waals surface area contributed by atoms with Crippen molar-refractivity contribution in [3.8, 4) is 18.1 Å². The Kier molecular flexibility index (Phi) is 5.33. The lowest BCUT2D eigenvalue weighted by molar-refractivity contribution is -0.138. The molecule has 0 aromatic heterocycles. The lowest BCUT2D eigenvalue weighted by Crippen LogP contribution is -2.44. The van der Waals surface area contributed by atoms with Crippen molar-refractivity contribution >= 4 is 0 Å². The van der Waals surface area contributed by atoms with Crippen molar-refractivity contribution in [1.29, 1.82) is 0 Å². The van der Waals surface area contributed by atoms with Gasteiger partial charge in [0, 0.05) is 32.7 Å². The van der Waals surface area contributed by atoms with Gasteiger partial charge in [0.2, 0.25) is 0 Å². The quantitative estimate of drug-likeness (QED) is 0.795. The van der Waals surface area contributed by atoms with Gasteiger partial charge in [0.15, 0.2) is 0 Å². The fraction of sp³-hybridized carbons (Fsp3) is 0.500. The Balaban J connectivity index is 2.17. The molecule has 6 heteroatoms. The molecule has 22 heavy (non-hydrogen) atoms. The predicted molar refractivity (Wildman–Crippen MR) is 78.5 cm³/mol. The Labute approximate surface area is 128 Å². The van der Waals surface area contributed by atoms with E-state index in [-0.39, 0.29) is 24.5 Å². The number of benzene rings is 1. The topological polar surface area (TPSA) is 15.7 Å². The van der Waals surface area contributed by atoms with Gasteiger partial charge in [-0.3, -0.25) is 4.90 Å². The summed E-state index contributed by atoms with van der Waals surface area (Å²) < 4.78 is 44.8. The number of hydrogen-bond acceptors (Lipinski definition) is 3. The van der Waals surface area contributed by atoms with E-state index in [1.54, 1.807) is 0 Å². The predicted octanol–water partition coefficient (Wildman–Crippen LogP) is 2.46. The molecular formula is C16H19F3N2O. The summed E-state index contributed by atoms with van der Waals surface area (Å²) in [6.07, 6.45) is 0.652. The normalized spacial score (nSPS) is 17.2. The molecule has 1 fully saturated rings. The molecule has 0 N–H and O–H groups in total. The Morgan fingerprint density at radius 1 is 1.23 bits per heavy atom. The van der Waals surface area contributed by atoms with Crippen LogP contribution in [0.2, 0.25) is 0 Å². The number of piperazine rings is 1. The number of hydrogen-bond donors (Lipinski definition) is 0. The molecule has 1 saturated heterocycles. The van der Waals surface area contributed by atoms with Crippen molar-refractivity contribution in [2.24, 2.45) is 0 Å². The van der Waals surface area contributed by atoms with Gasteiger partial charge >= 0.3 is 6.18 Å². The van der Waals surface area contributed by atoms with Crippen LogP contribution in [0.1, 0.15) is 11.1 Å². The molecule has 0 saturated carbocycles. The Morgan fingerprint density at radius 2 is 1.91 bits per heavy atom. The molecule has 1 aromatic carbocycles. The molecule has 1 heterocycles. The van der Waals surface area contributed by atoms with Crippen molar-refractivity contribution in [1.82, 2.24) is 9.80 Å². The van der Waals surface area contributed by atoms with Crippen molar-refractivity contribution < 1.29 is 17.9 Å². The smallest absolute Gasteiger partial charge is 0.416 e. The van der Waals surface area contributed by atoms with Crippen LogP contribution in [-0.2, 0) is 12.7 Å². The van der Waals surface area contributed by atoms with Gasteiger partial charge in [-0.05, 0) is 24.7 Å². The summed E-state index contributed by atoms with van der Waals surface area (Å²) in [5.41, 5.74) is -0.383. The van der Waals surface area contributed by atoms with Crippen LogP contribution >= 0.6 is 0 Å². The first-order chi connectivity index (χ1) is 10.4. The average molecular weight is 312 g/mol. The highest BCUT2D eigenvalue weighted by Crippen LogP contribution is 2.35. The van der Waals surface area contributed by atoms with E-state index in [1.807, 2.05) is 11.9 Å². The van der Waals surface area contributed by atoms with Crippen LogP contribution < -0.4 is 4.74 Å². The second-order valence-electron chi connectivity index (χ2n) is 5.39. The standard InChI is InChI=1S/C16H19F3N2O/c1-3-10-22-14-5-4-13(15(11-14)16(17,18)19)12-21-8-6-20(2)7-9-21/h1,4-5,11H,6-10,12H2,2H3. The molecule has 0 unspecified atom stereocenters. The van der Waals surface area contributed by atoms with Crippen molar-refractivity contribution in [3.63, 3.8) is 0 Å². The molecule has 120 valence electrons. The summed E-state index contributed by atoms with van der Waals surface area (Å²) in [4.78, 5) is 4.20. The number of halogens is 3. The van der Waals surface area contributed by atoms with Gasteiger partial charge < -0.3 is 9.64 Å². The van der Waals surface area contributed by atoms with Gasteiger partial charge in [-0.25, -0.2) is 0 Å². The highest BCUT2D eigenvalue weighted by molar-refractivity contribution is 5.37. The summed E-state index contributed by atoms with van der Waals surface area (Å²) >= 11 is 0. The highest BCUT2D eigenvalue weighted by Gasteiger charge is 2.34. The minimum atomic E-state index is -4.41. The number of terminal acetylenes is 1. The maximum atomic E-state index is 13.2. The van der Waals surface area contributed by atoms with E-state index in [1.165, 1.54) is 12.1 Å². The molecule has 0 atom stereocenters. The minimum Gasteiger partial charge on any atom is -0.481 e. The fourth-order valence-corrected chi connectivity index (χ4v) is 2.42. The summed E-state index contributed by atoms with van der Waals surface area (Å²) in [6, 6.07) is 4.05. The second-order valence-corrected chi connectivity index (χ2v) is 5.39. The van der Waals surface area contributed by atoms with Crippen LogP contribution in [-0.4, -0.2) is 49.6 Å². The van der Waals surface area contributed by atoms with Gasteiger partial charge in [0.05, 0.1) is 5.56 Å². The van der Waals surface area contributed by atoms with E-state index in [9.17, 15) is 13.2 Å². The average Bonchev–Trinajstić information content (AvgIpc) is 2.47. The van der Waals surface area contributed by atoms with E-state index in [2.05, 4.69) is 10.8 Å². The van der Waals surface area contributed by atoms with Crippen molar-refractivity contribution in [2.75, 3.05) is 39.8 Å². The third kappa shape index (κ3) is 4.39. The SMILES string of the molecule is C#CCOc1ccc(CN2CCN(C)CC2)c(C(F)(F)F)c1. The monoisotopic (exact) mass is 312 g/mol. The summed E-state index contributed by atoms with van der Waals surface area (Å²) in [6.45, 7) is 3.51. The molecule has 0 spiro atoms. The molecule has 0 bridgehead atoms. The third-order valence-corrected chi connectivity index (χ3v) is 3.70. The van der Waals surface area contributed by atoms with E-state index in [4.69, 9.17) is 11.2 Å². The molecule has 3 nitrogen and oxygen atoms in total. The zero-order valence-corrected chi connectivity index (χ0v) is 12.5. The van der Waals surface area contributed by atoms with Crippen molar-refractivity contribution in [2.45, 2.75) is 12.7 Å². The molecule has 0 aliphatic carbocycles. The van der Waals surface area contributed by atoms with Crippen LogP contribution in [0.4, 0.5) is 13.2 Å². The molecule has 1 aromatic rings. The maximum Gasteiger partial charge on any atom is 0.416 e. The van der Waals surface area contributed by atoms with Gasteiger partial charge in [-0.1, -0.05) is 12.0 Å². The van der Waals surface area contributed by atoms with Gasteiger partial charge in [0.25, 0.3) is 0 Å². The Hall–Kier alpha value is -1.71. The third-order valence-electron chi connectivity index (χ3n) is 3.70. The zero-order chi connectivity index (χ0) is 16.2. The number of alkyl halides is 3. The van der Waals surface area contributed by atoms with Crippen LogP contribution in [0.3, 0.4) is 0 Å². The number of ether oxygens (including phenoxy) is 1. The first kappa shape index (κ1) is 16.7. The lowest BCUT2D eigenvalue weighted by Gasteiger charge is -2.32. The van der Waals surface area contributed by atoms with E-state index < -0.39 is 11.7 Å². The van der Waals surface area contributed by atoms with E-state index in [0.717, 1.165) is 32.2 Å². The zero-order valence-electron chi connectivity index (χ0n) is 12.5. The van der Waals surface area contributed by atoms with E-state index in [0.29, 0.717) is 0 Å². The molecule has 1 aliphatic rings. The fourth-order valence-electron chi connectivity index (χ4n) is 2.42. The maximum absolute atomic E-state index is 13.2. The molecule has 0 radical (unpaired) electrons. The van der Waals surface area contributed by atoms with Gasteiger partial charge in [-0.2, -0.15) is 13.2 Å². The lowest BCUT2D eigenvalue weighted by atomic mass is 10.1. The largest absolute Gasteiger partial charge is 0.481 e. The summed E-state index contributed by atoms with van der Waals surface area (Å²) in [5, 5.41) is 0. The molecule has 2 rings (SSSR count). The molecule has 1 aliphatic heterocycles. The van der Waals surface area contributed by atoms with Crippen LogP contribution in [0.15, 0.2) is 18.2 Å². The molecule has 0 amide bonds. The first-order valence-corrected chi connectivity index (χ1v) is 7.07. The van der Waals surface area contributed by atoms with Crippen LogP contribution in [0, 0.1) is 12.3 Å². The number of nitrogens with zero attached hydrogens (tertiary/aromatic N) is 2. The van der Waals surface area contributed by atoms with Crippen molar-refractivity contribution in [3.05, 3.63) is 29.3 Å². The minimum absolute atomic E-state index is 0.0465. The van der Waals surface area contributed by atoms with E-state index >= 15 is 0 Å². The summed E-state index contributed by atoms with van der Waals surface area (Å²) in [5.74, 6) is 2.39. The highest BCUT2D eigenvalue weighted by atomic mass is 19.4. The second kappa shape index (κ2) is 7.03. The van der Waals surface area contributed by atoms with Gasteiger partial charge in [-0.15, -0.1) is 6.42 Å². The Bertz CT molecular complexity index is 543. The molecular weight excluding hydrogens is 293 g/mol. The Morgan fingerprint density at radius 3 is 2.50 bits per heavy atom. The summed E-state index contributed by atoms with van der Waals surface area (Å²) in [7, 11) is 2.01.